The van der Waals surface area contributed by atoms with E-state index < -0.39 is 0 Å². The second-order valence-electron chi connectivity index (χ2n) is 4.96. The Hall–Kier alpha value is -0.820. The minimum atomic E-state index is 0.667. The maximum Gasteiger partial charge on any atom is 0.0164 e. The number of hydrogen-bond donors (Lipinski definition) is 1. The molecule has 0 spiro atoms. The molecule has 0 bridgehead atoms. The van der Waals surface area contributed by atoms with Gasteiger partial charge in [0.2, 0.25) is 0 Å². The minimum Gasteiger partial charge on any atom is -0.313 e. The second kappa shape index (κ2) is 6.70. The largest absolute Gasteiger partial charge is 0.313 e. The topological polar surface area (TPSA) is 12.0 Å². The fourth-order valence-corrected chi connectivity index (χ4v) is 2.31. The lowest BCUT2D eigenvalue weighted by molar-refractivity contribution is 0.550. The molecule has 1 heterocycles. The van der Waals surface area contributed by atoms with Crippen LogP contribution in [0.25, 0.3) is 0 Å². The molecule has 1 aliphatic rings. The molecule has 1 saturated heterocycles. The average molecular weight is 219 g/mol. The van der Waals surface area contributed by atoms with E-state index in [-0.39, 0.29) is 0 Å². The van der Waals surface area contributed by atoms with Crippen LogP contribution in [0.15, 0.2) is 36.0 Å². The van der Waals surface area contributed by atoms with E-state index >= 15 is 0 Å². The molecule has 0 aliphatic carbocycles. The molecule has 0 radical (unpaired) electrons. The van der Waals surface area contributed by atoms with Gasteiger partial charge in [-0.25, -0.2) is 0 Å². The summed E-state index contributed by atoms with van der Waals surface area (Å²) in [5.41, 5.74) is 4.14. The lowest BCUT2D eigenvalue weighted by Crippen LogP contribution is -2.16. The third-order valence-electron chi connectivity index (χ3n) is 3.28. The maximum absolute atomic E-state index is 4.21. The van der Waals surface area contributed by atoms with E-state index in [4.69, 9.17) is 0 Å². The number of nitrogens with one attached hydrogen (secondary N) is 1. The number of rotatable bonds is 4. The van der Waals surface area contributed by atoms with Crippen molar-refractivity contribution in [1.82, 2.24) is 5.32 Å². The standard InChI is InChI=1S/C15H25N/c1-5-14(9-12(2)3)10-15-7-6-8-16-11-13(15)4/h5,15-16H,2,4,6-11H2,1,3H3/b14-5+. The second-order valence-corrected chi connectivity index (χ2v) is 4.96. The summed E-state index contributed by atoms with van der Waals surface area (Å²) in [5.74, 6) is 0.667. The molecule has 1 N–H and O–H groups in total. The van der Waals surface area contributed by atoms with Gasteiger partial charge in [0.25, 0.3) is 0 Å². The van der Waals surface area contributed by atoms with Crippen LogP contribution in [0.4, 0.5) is 0 Å². The third-order valence-corrected chi connectivity index (χ3v) is 3.28. The molecular formula is C15H25N. The predicted octanol–water partition coefficient (Wildman–Crippen LogP) is 3.84. The van der Waals surface area contributed by atoms with Crippen LogP contribution in [0.2, 0.25) is 0 Å². The van der Waals surface area contributed by atoms with Crippen molar-refractivity contribution < 1.29 is 0 Å². The minimum absolute atomic E-state index is 0.667. The SMILES string of the molecule is C=C(C)C/C(=C\C)CC1CCCNCC1=C. The Bertz CT molecular complexity index is 286. The van der Waals surface area contributed by atoms with Crippen LogP contribution < -0.4 is 5.32 Å². The average Bonchev–Trinajstić information content (AvgIpc) is 2.42. The predicted molar refractivity (Wildman–Crippen MR) is 72.5 cm³/mol. The zero-order valence-electron chi connectivity index (χ0n) is 10.8. The first-order chi connectivity index (χ1) is 7.63. The summed E-state index contributed by atoms with van der Waals surface area (Å²) in [4.78, 5) is 0. The molecule has 1 nitrogen and oxygen atoms in total. The van der Waals surface area contributed by atoms with Gasteiger partial charge < -0.3 is 5.32 Å². The monoisotopic (exact) mass is 219 g/mol. The van der Waals surface area contributed by atoms with Gasteiger partial charge in [-0.15, -0.1) is 0 Å². The van der Waals surface area contributed by atoms with Gasteiger partial charge in [-0.3, -0.25) is 0 Å². The Morgan fingerprint density at radius 2 is 2.31 bits per heavy atom. The molecular weight excluding hydrogens is 194 g/mol. The van der Waals surface area contributed by atoms with E-state index in [9.17, 15) is 0 Å². The van der Waals surface area contributed by atoms with Crippen molar-refractivity contribution in [1.29, 1.82) is 0 Å². The molecule has 1 unspecified atom stereocenters. The van der Waals surface area contributed by atoms with Crippen molar-refractivity contribution in [3.8, 4) is 0 Å². The molecule has 90 valence electrons. The fraction of sp³-hybridized carbons (Fsp3) is 0.600. The van der Waals surface area contributed by atoms with E-state index in [2.05, 4.69) is 38.4 Å². The highest BCUT2D eigenvalue weighted by Crippen LogP contribution is 2.27. The zero-order chi connectivity index (χ0) is 12.0. The number of allylic oxidation sites excluding steroid dienone is 3. The normalized spacial score (nSPS) is 23.0. The van der Waals surface area contributed by atoms with Gasteiger partial charge in [0.1, 0.15) is 0 Å². The van der Waals surface area contributed by atoms with Gasteiger partial charge in [0.05, 0.1) is 0 Å². The molecule has 16 heavy (non-hydrogen) atoms. The zero-order valence-corrected chi connectivity index (χ0v) is 10.8. The van der Waals surface area contributed by atoms with E-state index in [1.807, 2.05) is 0 Å². The smallest absolute Gasteiger partial charge is 0.0164 e. The highest BCUT2D eigenvalue weighted by molar-refractivity contribution is 5.16. The molecule has 1 rings (SSSR count). The summed E-state index contributed by atoms with van der Waals surface area (Å²) in [6.07, 6.45) is 7.02. The van der Waals surface area contributed by atoms with Crippen LogP contribution in [0, 0.1) is 5.92 Å². The van der Waals surface area contributed by atoms with Crippen molar-refractivity contribution in [2.75, 3.05) is 13.1 Å². The first-order valence-corrected chi connectivity index (χ1v) is 6.30. The highest BCUT2D eigenvalue weighted by Gasteiger charge is 2.16. The summed E-state index contributed by atoms with van der Waals surface area (Å²) in [7, 11) is 0. The molecule has 0 aromatic carbocycles. The van der Waals surface area contributed by atoms with E-state index in [1.165, 1.54) is 36.0 Å². The van der Waals surface area contributed by atoms with Gasteiger partial charge in [-0.1, -0.05) is 36.0 Å². The Kier molecular flexibility index (Phi) is 5.54. The molecule has 0 amide bonds. The molecule has 0 aromatic heterocycles. The lowest BCUT2D eigenvalue weighted by atomic mass is 9.87. The van der Waals surface area contributed by atoms with Crippen LogP contribution >= 0.6 is 0 Å². The van der Waals surface area contributed by atoms with Crippen LogP contribution in [-0.2, 0) is 0 Å². The van der Waals surface area contributed by atoms with Gasteiger partial charge in [-0.05, 0) is 52.0 Å². The molecule has 1 fully saturated rings. The Morgan fingerprint density at radius 3 is 2.94 bits per heavy atom. The summed E-state index contributed by atoms with van der Waals surface area (Å²) < 4.78 is 0. The van der Waals surface area contributed by atoms with Gasteiger partial charge in [0.15, 0.2) is 0 Å². The van der Waals surface area contributed by atoms with Crippen LogP contribution in [0.1, 0.15) is 39.5 Å². The van der Waals surface area contributed by atoms with E-state index in [0.717, 1.165) is 19.5 Å². The molecule has 1 heteroatoms. The Labute approximate surface area is 100 Å². The Balaban J connectivity index is 2.55. The molecule has 0 aromatic rings. The maximum atomic E-state index is 4.21. The van der Waals surface area contributed by atoms with Crippen LogP contribution in [-0.4, -0.2) is 13.1 Å². The van der Waals surface area contributed by atoms with Crippen molar-refractivity contribution in [2.45, 2.75) is 39.5 Å². The fourth-order valence-electron chi connectivity index (χ4n) is 2.31. The van der Waals surface area contributed by atoms with Gasteiger partial charge in [0, 0.05) is 6.54 Å². The molecule has 1 atom stereocenters. The van der Waals surface area contributed by atoms with Crippen LogP contribution in [0.5, 0.6) is 0 Å². The van der Waals surface area contributed by atoms with Crippen LogP contribution in [0.3, 0.4) is 0 Å². The third kappa shape index (κ3) is 4.36. The summed E-state index contributed by atoms with van der Waals surface area (Å²) in [5, 5.41) is 3.42. The van der Waals surface area contributed by atoms with Gasteiger partial charge >= 0.3 is 0 Å². The van der Waals surface area contributed by atoms with E-state index in [1.54, 1.807) is 0 Å². The summed E-state index contributed by atoms with van der Waals surface area (Å²) >= 11 is 0. The van der Waals surface area contributed by atoms with Crippen molar-refractivity contribution in [3.05, 3.63) is 36.0 Å². The number of hydrogen-bond acceptors (Lipinski definition) is 1. The van der Waals surface area contributed by atoms with E-state index in [0.29, 0.717) is 5.92 Å². The van der Waals surface area contributed by atoms with Crippen molar-refractivity contribution in [2.24, 2.45) is 5.92 Å². The molecule has 1 aliphatic heterocycles. The lowest BCUT2D eigenvalue weighted by Gasteiger charge is -2.18. The molecule has 0 saturated carbocycles. The van der Waals surface area contributed by atoms with Gasteiger partial charge in [-0.2, -0.15) is 0 Å². The first-order valence-electron chi connectivity index (χ1n) is 6.30. The summed E-state index contributed by atoms with van der Waals surface area (Å²) in [6, 6.07) is 0. The van der Waals surface area contributed by atoms with Crippen molar-refractivity contribution in [3.63, 3.8) is 0 Å². The quantitative estimate of drug-likeness (QED) is 0.708. The first kappa shape index (κ1) is 13.2. The summed E-state index contributed by atoms with van der Waals surface area (Å²) in [6.45, 7) is 14.6. The van der Waals surface area contributed by atoms with Crippen molar-refractivity contribution >= 4 is 0 Å². The Morgan fingerprint density at radius 1 is 1.56 bits per heavy atom. The highest BCUT2D eigenvalue weighted by atomic mass is 14.9.